The first kappa shape index (κ1) is 15.2. The predicted octanol–water partition coefficient (Wildman–Crippen LogP) is 2.79. The Labute approximate surface area is 125 Å². The fraction of sp³-hybridized carbons (Fsp3) is 0.286. The maximum atomic E-state index is 13.9. The van der Waals surface area contributed by atoms with E-state index in [4.69, 9.17) is 9.47 Å². The maximum absolute atomic E-state index is 13.9. The van der Waals surface area contributed by atoms with E-state index in [9.17, 15) is 9.18 Å². The van der Waals surface area contributed by atoms with Crippen LogP contribution in [0.4, 0.5) is 4.39 Å². The highest BCUT2D eigenvalue weighted by Crippen LogP contribution is 2.28. The Balaban J connectivity index is 2.18. The van der Waals surface area contributed by atoms with Crippen molar-refractivity contribution >= 4 is 17.4 Å². The van der Waals surface area contributed by atoms with Gasteiger partial charge in [-0.15, -0.1) is 0 Å². The Hall–Kier alpha value is -2.15. The molecule has 0 saturated carbocycles. The second-order valence-electron chi connectivity index (χ2n) is 4.28. The van der Waals surface area contributed by atoms with E-state index in [1.165, 1.54) is 26.4 Å². The molecule has 5 nitrogen and oxygen atoms in total. The highest BCUT2D eigenvalue weighted by atomic mass is 32.1. The number of hydrogen-bond donors (Lipinski definition) is 1. The third kappa shape index (κ3) is 3.30. The minimum atomic E-state index is -0.540. The highest BCUT2D eigenvalue weighted by molar-refractivity contribution is 7.08. The second-order valence-corrected chi connectivity index (χ2v) is 5.09. The van der Waals surface area contributed by atoms with E-state index in [1.54, 1.807) is 19.1 Å². The van der Waals surface area contributed by atoms with Gasteiger partial charge in [-0.05, 0) is 30.6 Å². The van der Waals surface area contributed by atoms with Gasteiger partial charge in [-0.25, -0.2) is 4.39 Å². The van der Waals surface area contributed by atoms with Crippen LogP contribution in [0, 0.1) is 5.82 Å². The van der Waals surface area contributed by atoms with Gasteiger partial charge < -0.3 is 14.8 Å². The fourth-order valence-corrected chi connectivity index (χ4v) is 2.53. The molecule has 2 aromatic rings. The summed E-state index contributed by atoms with van der Waals surface area (Å²) in [4.78, 5) is 12.5. The Bertz CT molecular complexity index is 645. The van der Waals surface area contributed by atoms with E-state index in [2.05, 4.69) is 9.69 Å². The number of benzene rings is 1. The van der Waals surface area contributed by atoms with Crippen LogP contribution in [0.1, 0.15) is 28.2 Å². The van der Waals surface area contributed by atoms with Gasteiger partial charge in [0.2, 0.25) is 5.88 Å². The monoisotopic (exact) mass is 310 g/mol. The van der Waals surface area contributed by atoms with E-state index >= 15 is 0 Å². The molecule has 2 rings (SSSR count). The number of aromatic nitrogens is 1. The second kappa shape index (κ2) is 6.53. The molecule has 1 unspecified atom stereocenters. The molecular weight excluding hydrogens is 295 g/mol. The molecule has 0 bridgehead atoms. The molecule has 21 heavy (non-hydrogen) atoms. The van der Waals surface area contributed by atoms with Crippen molar-refractivity contribution in [3.63, 3.8) is 0 Å². The van der Waals surface area contributed by atoms with E-state index in [0.717, 1.165) is 11.5 Å². The number of ether oxygens (including phenoxy) is 2. The largest absolute Gasteiger partial charge is 0.496 e. The number of carbonyl (C=O) groups excluding carboxylic acids is 1. The lowest BCUT2D eigenvalue weighted by Gasteiger charge is -2.17. The third-order valence-electron chi connectivity index (χ3n) is 2.93. The molecule has 0 aliphatic heterocycles. The summed E-state index contributed by atoms with van der Waals surface area (Å²) in [5.41, 5.74) is 0.310. The molecule has 0 radical (unpaired) electrons. The van der Waals surface area contributed by atoms with Crippen LogP contribution >= 0.6 is 11.5 Å². The first-order valence-corrected chi connectivity index (χ1v) is 6.98. The van der Waals surface area contributed by atoms with Crippen molar-refractivity contribution in [2.75, 3.05) is 14.2 Å². The quantitative estimate of drug-likeness (QED) is 0.922. The molecule has 0 aliphatic rings. The lowest BCUT2D eigenvalue weighted by Crippen LogP contribution is -2.26. The average Bonchev–Trinajstić information content (AvgIpc) is 2.95. The molecule has 1 heterocycles. The molecule has 0 saturated heterocycles. The zero-order valence-corrected chi connectivity index (χ0v) is 12.7. The Kier molecular flexibility index (Phi) is 4.74. The number of amides is 1. The molecule has 1 amide bonds. The first-order valence-electron chi connectivity index (χ1n) is 6.20. The van der Waals surface area contributed by atoms with E-state index in [0.29, 0.717) is 22.1 Å². The molecule has 112 valence electrons. The molecule has 0 fully saturated rings. The smallest absolute Gasteiger partial charge is 0.263 e. The average molecular weight is 310 g/mol. The van der Waals surface area contributed by atoms with Crippen LogP contribution in [0.3, 0.4) is 0 Å². The summed E-state index contributed by atoms with van der Waals surface area (Å²) in [5.74, 6) is 0.00333. The Morgan fingerprint density at radius 3 is 2.76 bits per heavy atom. The molecule has 1 aromatic carbocycles. The van der Waals surface area contributed by atoms with Gasteiger partial charge in [-0.3, -0.25) is 4.79 Å². The number of carbonyl (C=O) groups is 1. The van der Waals surface area contributed by atoms with Crippen LogP contribution in [-0.4, -0.2) is 24.5 Å². The van der Waals surface area contributed by atoms with Crippen molar-refractivity contribution in [3.8, 4) is 11.6 Å². The van der Waals surface area contributed by atoms with Gasteiger partial charge in [-0.2, -0.15) is 4.37 Å². The lowest BCUT2D eigenvalue weighted by atomic mass is 10.1. The maximum Gasteiger partial charge on any atom is 0.263 e. The Morgan fingerprint density at radius 1 is 1.38 bits per heavy atom. The zero-order chi connectivity index (χ0) is 15.4. The van der Waals surface area contributed by atoms with Crippen LogP contribution in [-0.2, 0) is 0 Å². The first-order chi connectivity index (χ1) is 10.1. The topological polar surface area (TPSA) is 60.5 Å². The summed E-state index contributed by atoms with van der Waals surface area (Å²) in [6, 6.07) is 5.53. The SMILES string of the molecule is COc1cc(C(=O)NC(C)c2c(F)cccc2OC)sn1. The van der Waals surface area contributed by atoms with Crippen LogP contribution in [0.15, 0.2) is 24.3 Å². The van der Waals surface area contributed by atoms with Gasteiger partial charge in [0.05, 0.1) is 25.8 Å². The van der Waals surface area contributed by atoms with E-state index in [-0.39, 0.29) is 5.91 Å². The lowest BCUT2D eigenvalue weighted by molar-refractivity contribution is 0.0943. The van der Waals surface area contributed by atoms with Gasteiger partial charge in [0, 0.05) is 6.07 Å². The number of nitrogens with zero attached hydrogens (tertiary/aromatic N) is 1. The summed E-state index contributed by atoms with van der Waals surface area (Å²) in [6.45, 7) is 1.69. The third-order valence-corrected chi connectivity index (χ3v) is 3.71. The number of methoxy groups -OCH3 is 2. The number of nitrogens with one attached hydrogen (secondary N) is 1. The van der Waals surface area contributed by atoms with Crippen molar-refractivity contribution in [1.29, 1.82) is 0 Å². The van der Waals surface area contributed by atoms with Crippen LogP contribution in [0.2, 0.25) is 0 Å². The van der Waals surface area contributed by atoms with E-state index in [1.807, 2.05) is 0 Å². The van der Waals surface area contributed by atoms with Crippen molar-refractivity contribution in [1.82, 2.24) is 9.69 Å². The van der Waals surface area contributed by atoms with Crippen LogP contribution in [0.5, 0.6) is 11.6 Å². The van der Waals surface area contributed by atoms with Gasteiger partial charge in [0.25, 0.3) is 5.91 Å². The molecule has 1 N–H and O–H groups in total. The van der Waals surface area contributed by atoms with Crippen molar-refractivity contribution in [3.05, 3.63) is 40.5 Å². The minimum absolute atomic E-state index is 0.310. The van der Waals surface area contributed by atoms with Gasteiger partial charge in [-0.1, -0.05) is 6.07 Å². The molecule has 0 spiro atoms. The van der Waals surface area contributed by atoms with Crippen molar-refractivity contribution in [2.24, 2.45) is 0 Å². The summed E-state index contributed by atoms with van der Waals surface area (Å²) >= 11 is 1.02. The fourth-order valence-electron chi connectivity index (χ4n) is 1.92. The van der Waals surface area contributed by atoms with Gasteiger partial charge >= 0.3 is 0 Å². The van der Waals surface area contributed by atoms with Crippen molar-refractivity contribution in [2.45, 2.75) is 13.0 Å². The van der Waals surface area contributed by atoms with E-state index < -0.39 is 11.9 Å². The molecule has 1 atom stereocenters. The zero-order valence-electron chi connectivity index (χ0n) is 11.8. The number of halogens is 1. The summed E-state index contributed by atoms with van der Waals surface area (Å²) in [6.07, 6.45) is 0. The van der Waals surface area contributed by atoms with Gasteiger partial charge in [0.15, 0.2) is 0 Å². The van der Waals surface area contributed by atoms with Gasteiger partial charge in [0.1, 0.15) is 16.4 Å². The predicted molar refractivity (Wildman–Crippen MR) is 77.5 cm³/mol. The highest BCUT2D eigenvalue weighted by Gasteiger charge is 2.20. The summed E-state index contributed by atoms with van der Waals surface area (Å²) in [7, 11) is 2.93. The molecule has 0 aliphatic carbocycles. The molecule has 7 heteroatoms. The van der Waals surface area contributed by atoms with Crippen molar-refractivity contribution < 1.29 is 18.7 Å². The standard InChI is InChI=1S/C14H15FN2O3S/c1-8(13-9(15)5-4-6-10(13)19-2)16-14(18)11-7-12(20-3)17-21-11/h4-8H,1-3H3,(H,16,18). The number of hydrogen-bond acceptors (Lipinski definition) is 5. The number of rotatable bonds is 5. The summed E-state index contributed by atoms with van der Waals surface area (Å²) in [5, 5.41) is 2.72. The Morgan fingerprint density at radius 2 is 2.14 bits per heavy atom. The van der Waals surface area contributed by atoms with Crippen LogP contribution < -0.4 is 14.8 Å². The minimum Gasteiger partial charge on any atom is -0.496 e. The molecule has 1 aromatic heterocycles. The normalized spacial score (nSPS) is 11.8. The van der Waals surface area contributed by atoms with Crippen LogP contribution in [0.25, 0.3) is 0 Å². The molecular formula is C14H15FN2O3S. The summed E-state index contributed by atoms with van der Waals surface area (Å²) < 4.78 is 27.9.